The first kappa shape index (κ1) is 15.4. The highest BCUT2D eigenvalue weighted by atomic mass is 79.9. The zero-order valence-corrected chi connectivity index (χ0v) is 13.6. The van der Waals surface area contributed by atoms with Crippen molar-refractivity contribution in [2.75, 3.05) is 6.26 Å². The standard InChI is InChI=1S/C15H12BrN3OS/c1-21-15(18-10-17)19-12-4-8-14(9-5-12)20-13-6-2-11(16)3-7-13/h2-9H,1H3,(H,18,19). The molecule has 6 heteroatoms. The van der Waals surface area contributed by atoms with Gasteiger partial charge in [0, 0.05) is 4.47 Å². The summed E-state index contributed by atoms with van der Waals surface area (Å²) in [5.41, 5.74) is 0.755. The summed E-state index contributed by atoms with van der Waals surface area (Å²) in [5, 5.41) is 11.7. The lowest BCUT2D eigenvalue weighted by molar-refractivity contribution is 0.482. The van der Waals surface area contributed by atoms with Crippen LogP contribution in [0.15, 0.2) is 58.0 Å². The first-order valence-corrected chi connectivity index (χ1v) is 8.04. The summed E-state index contributed by atoms with van der Waals surface area (Å²) in [6, 6.07) is 15.0. The van der Waals surface area contributed by atoms with Gasteiger partial charge >= 0.3 is 0 Å². The summed E-state index contributed by atoms with van der Waals surface area (Å²) in [6.45, 7) is 0. The second-order valence-electron chi connectivity index (χ2n) is 3.91. The molecular formula is C15H12BrN3OS. The molecule has 0 aliphatic heterocycles. The van der Waals surface area contributed by atoms with Crippen LogP contribution in [-0.2, 0) is 0 Å². The third-order valence-corrected chi connectivity index (χ3v) is 3.58. The van der Waals surface area contributed by atoms with Gasteiger partial charge in [-0.15, -0.1) is 0 Å². The predicted molar refractivity (Wildman–Crippen MR) is 90.0 cm³/mol. The lowest BCUT2D eigenvalue weighted by Gasteiger charge is -2.06. The maximum Gasteiger partial charge on any atom is 0.183 e. The van der Waals surface area contributed by atoms with Gasteiger partial charge in [-0.25, -0.2) is 4.99 Å². The highest BCUT2D eigenvalue weighted by Crippen LogP contribution is 2.25. The number of nitriles is 1. The summed E-state index contributed by atoms with van der Waals surface area (Å²) in [7, 11) is 0. The summed E-state index contributed by atoms with van der Waals surface area (Å²) in [5.74, 6) is 1.50. The van der Waals surface area contributed by atoms with Gasteiger partial charge in [-0.1, -0.05) is 27.7 Å². The van der Waals surface area contributed by atoms with Crippen LogP contribution in [0.3, 0.4) is 0 Å². The number of hydrogen-bond acceptors (Lipinski definition) is 4. The average molecular weight is 362 g/mol. The minimum absolute atomic E-state index is 0.555. The molecule has 0 amide bonds. The number of thioether (sulfide) groups is 1. The summed E-state index contributed by atoms with van der Waals surface area (Å²) in [4.78, 5) is 4.31. The van der Waals surface area contributed by atoms with Crippen molar-refractivity contribution >= 4 is 38.5 Å². The van der Waals surface area contributed by atoms with E-state index in [9.17, 15) is 0 Å². The molecule has 1 N–H and O–H groups in total. The molecule has 0 saturated heterocycles. The van der Waals surface area contributed by atoms with Crippen LogP contribution in [0.5, 0.6) is 11.5 Å². The Kier molecular flexibility index (Phi) is 5.67. The van der Waals surface area contributed by atoms with Gasteiger partial charge in [0.15, 0.2) is 11.4 Å². The molecule has 0 saturated carbocycles. The van der Waals surface area contributed by atoms with Crippen LogP contribution < -0.4 is 10.1 Å². The number of aliphatic imine (C=N–C) groups is 1. The highest BCUT2D eigenvalue weighted by molar-refractivity contribution is 9.10. The van der Waals surface area contributed by atoms with Crippen molar-refractivity contribution in [3.05, 3.63) is 53.0 Å². The maximum absolute atomic E-state index is 8.59. The van der Waals surface area contributed by atoms with Gasteiger partial charge < -0.3 is 4.74 Å². The van der Waals surface area contributed by atoms with Crippen LogP contribution in [0.1, 0.15) is 0 Å². The molecule has 2 rings (SSSR count). The van der Waals surface area contributed by atoms with E-state index in [0.717, 1.165) is 21.7 Å². The quantitative estimate of drug-likeness (QED) is 0.373. The smallest absolute Gasteiger partial charge is 0.183 e. The summed E-state index contributed by atoms with van der Waals surface area (Å²) >= 11 is 4.76. The van der Waals surface area contributed by atoms with Crippen molar-refractivity contribution in [3.63, 3.8) is 0 Å². The fraction of sp³-hybridized carbons (Fsp3) is 0.0667. The number of nitrogens with zero attached hydrogens (tertiary/aromatic N) is 2. The Morgan fingerprint density at radius 3 is 2.24 bits per heavy atom. The number of nitrogens with one attached hydrogen (secondary N) is 1. The van der Waals surface area contributed by atoms with Gasteiger partial charge in [-0.3, -0.25) is 5.32 Å². The average Bonchev–Trinajstić information content (AvgIpc) is 2.51. The fourth-order valence-corrected chi connectivity index (χ4v) is 2.13. The van der Waals surface area contributed by atoms with E-state index in [2.05, 4.69) is 26.2 Å². The molecule has 2 aromatic rings. The van der Waals surface area contributed by atoms with Crippen molar-refractivity contribution in [3.8, 4) is 17.7 Å². The van der Waals surface area contributed by atoms with Crippen LogP contribution in [0.4, 0.5) is 5.69 Å². The monoisotopic (exact) mass is 361 g/mol. The van der Waals surface area contributed by atoms with Crippen LogP contribution in [0.25, 0.3) is 0 Å². The van der Waals surface area contributed by atoms with Crippen LogP contribution in [-0.4, -0.2) is 11.4 Å². The maximum atomic E-state index is 8.59. The molecule has 0 fully saturated rings. The molecule has 2 aromatic carbocycles. The van der Waals surface area contributed by atoms with E-state index in [1.807, 2.05) is 61.0 Å². The molecule has 0 radical (unpaired) electrons. The minimum atomic E-state index is 0.555. The number of halogens is 1. The predicted octanol–water partition coefficient (Wildman–Crippen LogP) is 4.66. The number of ether oxygens (including phenoxy) is 1. The van der Waals surface area contributed by atoms with E-state index in [1.54, 1.807) is 0 Å². The van der Waals surface area contributed by atoms with Crippen molar-refractivity contribution in [1.29, 1.82) is 5.26 Å². The lowest BCUT2D eigenvalue weighted by Crippen LogP contribution is -2.12. The zero-order chi connectivity index (χ0) is 15.1. The van der Waals surface area contributed by atoms with E-state index in [0.29, 0.717) is 5.17 Å². The first-order valence-electron chi connectivity index (χ1n) is 6.02. The first-order chi connectivity index (χ1) is 10.2. The Labute approximate surface area is 136 Å². The topological polar surface area (TPSA) is 57.4 Å². The SMILES string of the molecule is CSC(=Nc1ccc(Oc2ccc(Br)cc2)cc1)NC#N. The molecule has 106 valence electrons. The highest BCUT2D eigenvalue weighted by Gasteiger charge is 1.99. The minimum Gasteiger partial charge on any atom is -0.457 e. The Morgan fingerprint density at radius 1 is 1.14 bits per heavy atom. The zero-order valence-electron chi connectivity index (χ0n) is 11.2. The van der Waals surface area contributed by atoms with Gasteiger partial charge in [0.25, 0.3) is 0 Å². The van der Waals surface area contributed by atoms with E-state index >= 15 is 0 Å². The van der Waals surface area contributed by atoms with Gasteiger partial charge in [0.2, 0.25) is 0 Å². The van der Waals surface area contributed by atoms with Crippen LogP contribution >= 0.6 is 27.7 Å². The Hall–Kier alpha value is -1.97. The molecule has 0 bridgehead atoms. The van der Waals surface area contributed by atoms with Gasteiger partial charge in [-0.05, 0) is 54.8 Å². The largest absolute Gasteiger partial charge is 0.457 e. The summed E-state index contributed by atoms with van der Waals surface area (Å²) < 4.78 is 6.73. The molecule has 0 spiro atoms. The van der Waals surface area contributed by atoms with Crippen LogP contribution in [0, 0.1) is 11.5 Å². The molecule has 0 aromatic heterocycles. The Morgan fingerprint density at radius 2 is 1.71 bits per heavy atom. The van der Waals surface area contributed by atoms with Crippen molar-refractivity contribution in [2.24, 2.45) is 4.99 Å². The van der Waals surface area contributed by atoms with Gasteiger partial charge in [-0.2, -0.15) is 5.26 Å². The second-order valence-corrected chi connectivity index (χ2v) is 5.62. The van der Waals surface area contributed by atoms with E-state index in [-0.39, 0.29) is 0 Å². The lowest BCUT2D eigenvalue weighted by atomic mass is 10.3. The number of benzene rings is 2. The molecule has 0 atom stereocenters. The van der Waals surface area contributed by atoms with Crippen molar-refractivity contribution in [1.82, 2.24) is 5.32 Å². The molecule has 21 heavy (non-hydrogen) atoms. The Balaban J connectivity index is 2.08. The van der Waals surface area contributed by atoms with Crippen molar-refractivity contribution in [2.45, 2.75) is 0 Å². The molecule has 0 aliphatic rings. The van der Waals surface area contributed by atoms with E-state index < -0.39 is 0 Å². The van der Waals surface area contributed by atoms with E-state index in [1.165, 1.54) is 11.8 Å². The third kappa shape index (κ3) is 4.81. The number of amidine groups is 1. The third-order valence-electron chi connectivity index (χ3n) is 2.47. The normalized spacial score (nSPS) is 10.8. The Bertz CT molecular complexity index is 663. The van der Waals surface area contributed by atoms with Crippen molar-refractivity contribution < 1.29 is 4.74 Å². The second kappa shape index (κ2) is 7.72. The van der Waals surface area contributed by atoms with Crippen LogP contribution in [0.2, 0.25) is 0 Å². The number of rotatable bonds is 3. The molecule has 0 unspecified atom stereocenters. The van der Waals surface area contributed by atoms with E-state index in [4.69, 9.17) is 10.00 Å². The summed E-state index contributed by atoms with van der Waals surface area (Å²) in [6.07, 6.45) is 3.71. The van der Waals surface area contributed by atoms with Gasteiger partial charge in [0.1, 0.15) is 11.5 Å². The molecule has 0 heterocycles. The molecule has 0 aliphatic carbocycles. The molecular weight excluding hydrogens is 350 g/mol. The fourth-order valence-electron chi connectivity index (χ4n) is 1.52. The molecule has 4 nitrogen and oxygen atoms in total. The number of hydrogen-bond donors (Lipinski definition) is 1. The van der Waals surface area contributed by atoms with Gasteiger partial charge in [0.05, 0.1) is 5.69 Å².